The van der Waals surface area contributed by atoms with Gasteiger partial charge < -0.3 is 20.3 Å². The van der Waals surface area contributed by atoms with Crippen molar-refractivity contribution in [3.05, 3.63) is 60.7 Å². The summed E-state index contributed by atoms with van der Waals surface area (Å²) in [5.41, 5.74) is 7.27. The van der Waals surface area contributed by atoms with Gasteiger partial charge in [-0.05, 0) is 42.5 Å². The van der Waals surface area contributed by atoms with Crippen LogP contribution >= 0.6 is 0 Å². The quantitative estimate of drug-likeness (QED) is 0.506. The lowest BCUT2D eigenvalue weighted by atomic mass is 10.2. The molecule has 0 saturated heterocycles. The fraction of sp³-hybridized carbons (Fsp3) is 0.143. The summed E-state index contributed by atoms with van der Waals surface area (Å²) < 4.78 is 11.6. The molecule has 0 atom stereocenters. The summed E-state index contributed by atoms with van der Waals surface area (Å²) in [7, 11) is 0. The molecule has 2 aromatic carbocycles. The van der Waals surface area contributed by atoms with Gasteiger partial charge in [0.2, 0.25) is 5.88 Å². The molecular weight excluding hydrogens is 342 g/mol. The average Bonchev–Trinajstić information content (AvgIpc) is 2.68. The number of ether oxygens (including phenoxy) is 2. The Kier molecular flexibility index (Phi) is 4.61. The number of nitrogen functional groups attached to an aromatic ring is 1. The van der Waals surface area contributed by atoms with Crippen molar-refractivity contribution >= 4 is 27.6 Å². The zero-order valence-electron chi connectivity index (χ0n) is 14.6. The lowest BCUT2D eigenvalue weighted by Crippen LogP contribution is -2.05. The van der Waals surface area contributed by atoms with Crippen molar-refractivity contribution in [2.24, 2.45) is 0 Å². The van der Waals surface area contributed by atoms with Gasteiger partial charge in [0.1, 0.15) is 22.8 Å². The molecule has 6 nitrogen and oxygen atoms in total. The number of aromatic nitrogens is 2. The van der Waals surface area contributed by atoms with Crippen LogP contribution in [-0.4, -0.2) is 28.3 Å². The lowest BCUT2D eigenvalue weighted by molar-refractivity contribution is 0.249. The number of nitrogens with zero attached hydrogens (tertiary/aromatic N) is 2. The highest BCUT2D eigenvalue weighted by Crippen LogP contribution is 2.25. The van der Waals surface area contributed by atoms with Gasteiger partial charge in [-0.3, -0.25) is 0 Å². The Balaban J connectivity index is 1.33. The monoisotopic (exact) mass is 361 g/mol. The van der Waals surface area contributed by atoms with E-state index in [1.54, 1.807) is 12.1 Å². The van der Waals surface area contributed by atoms with Crippen molar-refractivity contribution in [1.82, 2.24) is 9.97 Å². The van der Waals surface area contributed by atoms with E-state index in [9.17, 15) is 5.11 Å². The highest BCUT2D eigenvalue weighted by atomic mass is 16.5. The van der Waals surface area contributed by atoms with Crippen molar-refractivity contribution in [3.8, 4) is 17.4 Å². The molecule has 0 radical (unpaired) electrons. The maximum absolute atomic E-state index is 9.41. The van der Waals surface area contributed by atoms with Crippen LogP contribution in [0.2, 0.25) is 0 Å². The summed E-state index contributed by atoms with van der Waals surface area (Å²) in [6.45, 7) is 1.04. The van der Waals surface area contributed by atoms with E-state index < -0.39 is 0 Å². The van der Waals surface area contributed by atoms with E-state index in [0.717, 1.165) is 39.7 Å². The van der Waals surface area contributed by atoms with Crippen LogP contribution in [0.1, 0.15) is 6.42 Å². The SMILES string of the molecule is Nc1ccc2cccc(OCCCOc3ccc4nc(O)ccc4c3)c2n1. The third-order valence-corrected chi connectivity index (χ3v) is 4.17. The van der Waals surface area contributed by atoms with Crippen LogP contribution in [0.15, 0.2) is 60.7 Å². The highest BCUT2D eigenvalue weighted by Gasteiger charge is 2.05. The molecule has 0 fully saturated rings. The first-order valence-electron chi connectivity index (χ1n) is 8.70. The molecule has 0 bridgehead atoms. The molecule has 4 aromatic rings. The topological polar surface area (TPSA) is 90.5 Å². The number of pyridine rings is 2. The Labute approximate surface area is 156 Å². The van der Waals surface area contributed by atoms with Crippen LogP contribution in [0, 0.1) is 0 Å². The Morgan fingerprint density at radius 2 is 1.70 bits per heavy atom. The number of hydrogen-bond donors (Lipinski definition) is 2. The number of para-hydroxylation sites is 1. The van der Waals surface area contributed by atoms with Gasteiger partial charge in [0.15, 0.2) is 0 Å². The molecule has 2 heterocycles. The zero-order chi connectivity index (χ0) is 18.6. The Bertz CT molecular complexity index is 1100. The maximum atomic E-state index is 9.41. The Hall–Kier alpha value is -3.54. The normalized spacial score (nSPS) is 11.0. The van der Waals surface area contributed by atoms with Gasteiger partial charge in [0, 0.05) is 23.3 Å². The third kappa shape index (κ3) is 3.84. The molecule has 3 N–H and O–H groups in total. The van der Waals surface area contributed by atoms with E-state index in [2.05, 4.69) is 9.97 Å². The van der Waals surface area contributed by atoms with E-state index in [4.69, 9.17) is 15.2 Å². The standard InChI is InChI=1S/C21H19N3O3/c22-19-9-5-14-3-1-4-18(21(14)24-19)27-12-2-11-26-16-7-8-17-15(13-16)6-10-20(25)23-17/h1,3-10,13H,2,11-12H2,(H2,22,24)(H,23,25). The Morgan fingerprint density at radius 1 is 0.852 bits per heavy atom. The maximum Gasteiger partial charge on any atom is 0.211 e. The van der Waals surface area contributed by atoms with Crippen molar-refractivity contribution in [2.45, 2.75) is 6.42 Å². The zero-order valence-corrected chi connectivity index (χ0v) is 14.6. The highest BCUT2D eigenvalue weighted by molar-refractivity contribution is 5.85. The molecule has 0 unspecified atom stereocenters. The molecule has 0 aliphatic heterocycles. The van der Waals surface area contributed by atoms with Crippen molar-refractivity contribution in [1.29, 1.82) is 0 Å². The fourth-order valence-electron chi connectivity index (χ4n) is 2.87. The van der Waals surface area contributed by atoms with Gasteiger partial charge >= 0.3 is 0 Å². The van der Waals surface area contributed by atoms with E-state index in [1.165, 1.54) is 0 Å². The second-order valence-corrected chi connectivity index (χ2v) is 6.14. The molecule has 2 aromatic heterocycles. The molecule has 0 saturated carbocycles. The first-order chi connectivity index (χ1) is 13.2. The van der Waals surface area contributed by atoms with Crippen LogP contribution in [0.25, 0.3) is 21.8 Å². The molecule has 0 spiro atoms. The minimum absolute atomic E-state index is 0.0120. The van der Waals surface area contributed by atoms with Crippen molar-refractivity contribution in [2.75, 3.05) is 18.9 Å². The van der Waals surface area contributed by atoms with Crippen LogP contribution in [0.3, 0.4) is 0 Å². The van der Waals surface area contributed by atoms with E-state index in [1.807, 2.05) is 48.5 Å². The van der Waals surface area contributed by atoms with Gasteiger partial charge in [-0.15, -0.1) is 0 Å². The summed E-state index contributed by atoms with van der Waals surface area (Å²) in [6.07, 6.45) is 0.727. The van der Waals surface area contributed by atoms with Crippen molar-refractivity contribution < 1.29 is 14.6 Å². The number of nitrogens with two attached hydrogens (primary N) is 1. The van der Waals surface area contributed by atoms with Gasteiger partial charge in [-0.1, -0.05) is 12.1 Å². The van der Waals surface area contributed by atoms with E-state index in [0.29, 0.717) is 19.0 Å². The van der Waals surface area contributed by atoms with Gasteiger partial charge in [-0.25, -0.2) is 9.97 Å². The molecule has 6 heteroatoms. The van der Waals surface area contributed by atoms with Gasteiger partial charge in [0.25, 0.3) is 0 Å². The molecule has 136 valence electrons. The number of hydrogen-bond acceptors (Lipinski definition) is 6. The summed E-state index contributed by atoms with van der Waals surface area (Å²) in [5.74, 6) is 1.96. The number of benzene rings is 2. The molecule has 0 amide bonds. The van der Waals surface area contributed by atoms with Crippen LogP contribution in [0.5, 0.6) is 17.4 Å². The summed E-state index contributed by atoms with van der Waals surface area (Å²) >= 11 is 0. The summed E-state index contributed by atoms with van der Waals surface area (Å²) in [5, 5.41) is 11.3. The Morgan fingerprint density at radius 3 is 2.63 bits per heavy atom. The predicted molar refractivity (Wildman–Crippen MR) is 105 cm³/mol. The lowest BCUT2D eigenvalue weighted by Gasteiger charge is -2.10. The number of aromatic hydroxyl groups is 1. The van der Waals surface area contributed by atoms with Crippen LogP contribution in [-0.2, 0) is 0 Å². The summed E-state index contributed by atoms with van der Waals surface area (Å²) in [6, 6.07) is 18.5. The average molecular weight is 361 g/mol. The molecule has 0 aliphatic carbocycles. The number of rotatable bonds is 6. The minimum atomic E-state index is 0.0120. The van der Waals surface area contributed by atoms with Crippen LogP contribution in [0.4, 0.5) is 5.82 Å². The number of fused-ring (bicyclic) bond motifs is 2. The van der Waals surface area contributed by atoms with Crippen LogP contribution < -0.4 is 15.2 Å². The van der Waals surface area contributed by atoms with Gasteiger partial charge in [-0.2, -0.15) is 0 Å². The third-order valence-electron chi connectivity index (χ3n) is 4.17. The molecule has 0 aliphatic rings. The molecule has 27 heavy (non-hydrogen) atoms. The minimum Gasteiger partial charge on any atom is -0.493 e. The van der Waals surface area contributed by atoms with Crippen molar-refractivity contribution in [3.63, 3.8) is 0 Å². The second kappa shape index (κ2) is 7.37. The molecular formula is C21H19N3O3. The second-order valence-electron chi connectivity index (χ2n) is 6.14. The first-order valence-corrected chi connectivity index (χ1v) is 8.70. The largest absolute Gasteiger partial charge is 0.493 e. The van der Waals surface area contributed by atoms with E-state index in [-0.39, 0.29) is 5.88 Å². The van der Waals surface area contributed by atoms with E-state index >= 15 is 0 Å². The smallest absolute Gasteiger partial charge is 0.211 e. The fourth-order valence-corrected chi connectivity index (χ4v) is 2.87. The predicted octanol–water partition coefficient (Wildman–Crippen LogP) is 3.92. The van der Waals surface area contributed by atoms with Gasteiger partial charge in [0.05, 0.1) is 18.7 Å². The molecule has 4 rings (SSSR count). The number of anilines is 1. The first kappa shape index (κ1) is 16.9. The summed E-state index contributed by atoms with van der Waals surface area (Å²) in [4.78, 5) is 8.41.